The zero-order valence-corrected chi connectivity index (χ0v) is 19.8. The molecule has 0 bridgehead atoms. The van der Waals surface area contributed by atoms with Crippen LogP contribution in [0.25, 0.3) is 22.3 Å². The van der Waals surface area contributed by atoms with Crippen LogP contribution in [0.5, 0.6) is 0 Å². The quantitative estimate of drug-likeness (QED) is 0.248. The molecule has 0 amide bonds. The largest absolute Gasteiger partial charge is 0.456 e. The fraction of sp³-hybridized carbons (Fsp3) is 0.111. The number of fused-ring (bicyclic) bond motifs is 1. The molecule has 35 heavy (non-hydrogen) atoms. The Bertz CT molecular complexity index is 1570. The molecule has 0 saturated heterocycles. The van der Waals surface area contributed by atoms with Gasteiger partial charge in [-0.3, -0.25) is 13.9 Å². The molecule has 4 aromatic heterocycles. The lowest BCUT2D eigenvalue weighted by Gasteiger charge is -2.05. The third kappa shape index (κ3) is 5.28. The van der Waals surface area contributed by atoms with E-state index in [0.717, 1.165) is 27.3 Å². The number of benzene rings is 1. The SMILES string of the molecule is Cc1ccc2nc(COC(=O)/C=C/c3cn(Cc4ccccc4)nc3-c3cccs3)cc(=O)n2c1. The predicted octanol–water partition coefficient (Wildman–Crippen LogP) is 4.73. The van der Waals surface area contributed by atoms with Gasteiger partial charge in [-0.15, -0.1) is 11.3 Å². The molecule has 0 aliphatic carbocycles. The number of aromatic nitrogens is 4. The Morgan fingerprint density at radius 3 is 2.74 bits per heavy atom. The van der Waals surface area contributed by atoms with Gasteiger partial charge in [-0.25, -0.2) is 9.78 Å². The molecular weight excluding hydrogens is 460 g/mol. The van der Waals surface area contributed by atoms with Crippen LogP contribution < -0.4 is 5.56 Å². The van der Waals surface area contributed by atoms with Gasteiger partial charge in [0, 0.05) is 30.1 Å². The van der Waals surface area contributed by atoms with E-state index >= 15 is 0 Å². The van der Waals surface area contributed by atoms with E-state index in [9.17, 15) is 9.59 Å². The van der Waals surface area contributed by atoms with Gasteiger partial charge >= 0.3 is 5.97 Å². The fourth-order valence-corrected chi connectivity index (χ4v) is 4.43. The molecule has 5 rings (SSSR count). The number of rotatable bonds is 7. The van der Waals surface area contributed by atoms with E-state index in [4.69, 9.17) is 9.84 Å². The van der Waals surface area contributed by atoms with Crippen LogP contribution in [-0.4, -0.2) is 25.1 Å². The molecule has 0 fully saturated rings. The van der Waals surface area contributed by atoms with E-state index < -0.39 is 5.97 Å². The molecule has 0 N–H and O–H groups in total. The Morgan fingerprint density at radius 2 is 1.94 bits per heavy atom. The van der Waals surface area contributed by atoms with E-state index in [1.165, 1.54) is 16.5 Å². The third-order valence-corrected chi connectivity index (χ3v) is 6.23. The second-order valence-corrected chi connectivity index (χ2v) is 9.00. The van der Waals surface area contributed by atoms with E-state index in [1.807, 2.05) is 71.7 Å². The summed E-state index contributed by atoms with van der Waals surface area (Å²) < 4.78 is 8.69. The molecule has 8 heteroatoms. The van der Waals surface area contributed by atoms with Crippen LogP contribution in [0.4, 0.5) is 0 Å². The zero-order valence-electron chi connectivity index (χ0n) is 19.0. The summed E-state index contributed by atoms with van der Waals surface area (Å²) in [4.78, 5) is 30.2. The normalized spacial score (nSPS) is 11.3. The lowest BCUT2D eigenvalue weighted by molar-refractivity contribution is -0.139. The Kier molecular flexibility index (Phi) is 6.36. The lowest BCUT2D eigenvalue weighted by atomic mass is 10.2. The molecule has 0 spiro atoms. The molecule has 1 aromatic carbocycles. The molecule has 174 valence electrons. The van der Waals surface area contributed by atoms with Crippen LogP contribution in [0, 0.1) is 6.92 Å². The van der Waals surface area contributed by atoms with Crippen molar-refractivity contribution in [2.75, 3.05) is 0 Å². The average Bonchev–Trinajstić information content (AvgIpc) is 3.52. The monoisotopic (exact) mass is 482 g/mol. The average molecular weight is 483 g/mol. The van der Waals surface area contributed by atoms with Crippen LogP contribution >= 0.6 is 11.3 Å². The maximum Gasteiger partial charge on any atom is 0.331 e. The van der Waals surface area contributed by atoms with Crippen molar-refractivity contribution in [1.82, 2.24) is 19.2 Å². The van der Waals surface area contributed by atoms with Crippen LogP contribution in [0.2, 0.25) is 0 Å². The first kappa shape index (κ1) is 22.5. The van der Waals surface area contributed by atoms with E-state index in [-0.39, 0.29) is 12.2 Å². The summed E-state index contributed by atoms with van der Waals surface area (Å²) >= 11 is 1.59. The molecule has 5 aromatic rings. The smallest absolute Gasteiger partial charge is 0.331 e. The topological polar surface area (TPSA) is 78.5 Å². The van der Waals surface area contributed by atoms with Crippen molar-refractivity contribution in [3.05, 3.63) is 117 Å². The fourth-order valence-electron chi connectivity index (χ4n) is 3.70. The maximum absolute atomic E-state index is 12.4. The Balaban J connectivity index is 1.31. The minimum atomic E-state index is -0.524. The lowest BCUT2D eigenvalue weighted by Crippen LogP contribution is -2.16. The van der Waals surface area contributed by atoms with Crippen LogP contribution in [0.1, 0.15) is 22.4 Å². The van der Waals surface area contributed by atoms with Crippen molar-refractivity contribution in [2.45, 2.75) is 20.1 Å². The van der Waals surface area contributed by atoms with Gasteiger partial charge < -0.3 is 4.74 Å². The van der Waals surface area contributed by atoms with Crippen LogP contribution in [-0.2, 0) is 22.7 Å². The number of nitrogens with zero attached hydrogens (tertiary/aromatic N) is 4. The molecule has 4 heterocycles. The summed E-state index contributed by atoms with van der Waals surface area (Å²) in [5, 5.41) is 6.73. The summed E-state index contributed by atoms with van der Waals surface area (Å²) in [6.45, 7) is 2.44. The first-order valence-corrected chi connectivity index (χ1v) is 11.9. The van der Waals surface area contributed by atoms with Gasteiger partial charge in [-0.05, 0) is 41.6 Å². The molecule has 0 aliphatic heterocycles. The van der Waals surface area contributed by atoms with Crippen molar-refractivity contribution in [3.8, 4) is 10.6 Å². The maximum atomic E-state index is 12.4. The summed E-state index contributed by atoms with van der Waals surface area (Å²) in [6.07, 6.45) is 6.72. The highest BCUT2D eigenvalue weighted by Gasteiger charge is 2.12. The number of hydrogen-bond donors (Lipinski definition) is 0. The number of carbonyl (C=O) groups is 1. The van der Waals surface area contributed by atoms with Gasteiger partial charge in [0.25, 0.3) is 5.56 Å². The molecule has 0 unspecified atom stereocenters. The molecule has 7 nitrogen and oxygen atoms in total. The second kappa shape index (κ2) is 9.90. The van der Waals surface area contributed by atoms with Crippen molar-refractivity contribution in [1.29, 1.82) is 0 Å². The number of thiophene rings is 1. The van der Waals surface area contributed by atoms with Crippen molar-refractivity contribution >= 4 is 29.0 Å². The highest BCUT2D eigenvalue weighted by molar-refractivity contribution is 7.13. The summed E-state index contributed by atoms with van der Waals surface area (Å²) in [5.41, 5.74) is 4.41. The predicted molar refractivity (Wildman–Crippen MR) is 136 cm³/mol. The third-order valence-electron chi connectivity index (χ3n) is 5.35. The van der Waals surface area contributed by atoms with E-state index in [0.29, 0.717) is 17.9 Å². The minimum Gasteiger partial charge on any atom is -0.456 e. The number of carbonyl (C=O) groups excluding carboxylic acids is 1. The Morgan fingerprint density at radius 1 is 1.09 bits per heavy atom. The van der Waals surface area contributed by atoms with Gasteiger partial charge in [-0.2, -0.15) is 5.10 Å². The van der Waals surface area contributed by atoms with Gasteiger partial charge in [0.15, 0.2) is 0 Å². The van der Waals surface area contributed by atoms with Gasteiger partial charge in [0.05, 0.1) is 17.1 Å². The van der Waals surface area contributed by atoms with Gasteiger partial charge in [-0.1, -0.05) is 42.5 Å². The first-order valence-electron chi connectivity index (χ1n) is 11.0. The number of pyridine rings is 1. The molecule has 0 atom stereocenters. The minimum absolute atomic E-state index is 0.0894. The summed E-state index contributed by atoms with van der Waals surface area (Å²) in [6, 6.07) is 19.1. The van der Waals surface area contributed by atoms with Gasteiger partial charge in [0.1, 0.15) is 17.9 Å². The standard InChI is InChI=1S/C27H22N4O3S/c1-19-9-11-24-28-22(14-25(32)31(24)15-19)18-34-26(33)12-10-21-17-30(16-20-6-3-2-4-7-20)29-27(21)23-8-5-13-35-23/h2-15,17H,16,18H2,1H3/b12-10+. The van der Waals surface area contributed by atoms with Crippen LogP contribution in [0.3, 0.4) is 0 Å². The van der Waals surface area contributed by atoms with E-state index in [2.05, 4.69) is 4.98 Å². The zero-order chi connectivity index (χ0) is 24.2. The van der Waals surface area contributed by atoms with E-state index in [1.54, 1.807) is 29.7 Å². The van der Waals surface area contributed by atoms with Crippen molar-refractivity contribution < 1.29 is 9.53 Å². The number of esters is 1. The molecular formula is C27H22N4O3S. The number of ether oxygens (including phenoxy) is 1. The summed E-state index contributed by atoms with van der Waals surface area (Å²) in [7, 11) is 0. The highest BCUT2D eigenvalue weighted by atomic mass is 32.1. The molecule has 0 aliphatic rings. The number of hydrogen-bond acceptors (Lipinski definition) is 6. The summed E-state index contributed by atoms with van der Waals surface area (Å²) in [5.74, 6) is -0.524. The Hall–Kier alpha value is -4.30. The van der Waals surface area contributed by atoms with Crippen molar-refractivity contribution in [3.63, 3.8) is 0 Å². The van der Waals surface area contributed by atoms with Gasteiger partial charge in [0.2, 0.25) is 0 Å². The second-order valence-electron chi connectivity index (χ2n) is 8.05. The molecule has 0 saturated carbocycles. The highest BCUT2D eigenvalue weighted by Crippen LogP contribution is 2.27. The van der Waals surface area contributed by atoms with Crippen LogP contribution in [0.15, 0.2) is 89.3 Å². The first-order chi connectivity index (χ1) is 17.0. The Labute approximate surface area is 205 Å². The van der Waals surface area contributed by atoms with Crippen molar-refractivity contribution in [2.24, 2.45) is 0 Å². The molecule has 0 radical (unpaired) electrons. The number of aryl methyl sites for hydroxylation is 1.